The van der Waals surface area contributed by atoms with Crippen molar-refractivity contribution in [2.24, 2.45) is 5.10 Å². The van der Waals surface area contributed by atoms with Crippen LogP contribution in [0.3, 0.4) is 0 Å². The molecule has 1 heterocycles. The highest BCUT2D eigenvalue weighted by atomic mass is 16.3. The van der Waals surface area contributed by atoms with Crippen LogP contribution in [0.25, 0.3) is 10.9 Å². The maximum Gasteiger partial charge on any atom is 0.260 e. The average Bonchev–Trinajstić information content (AvgIpc) is 2.47. The van der Waals surface area contributed by atoms with Crippen LogP contribution in [0.5, 0.6) is 5.75 Å². The van der Waals surface area contributed by atoms with E-state index in [1.807, 2.05) is 6.07 Å². The van der Waals surface area contributed by atoms with E-state index in [9.17, 15) is 9.90 Å². The summed E-state index contributed by atoms with van der Waals surface area (Å²) in [5.74, 6) is 0.422. The number of aromatic amines is 1. The van der Waals surface area contributed by atoms with Gasteiger partial charge in [0.05, 0.1) is 17.1 Å². The van der Waals surface area contributed by atoms with E-state index in [0.717, 1.165) is 5.56 Å². The van der Waals surface area contributed by atoms with Gasteiger partial charge in [0.15, 0.2) is 0 Å². The van der Waals surface area contributed by atoms with Crippen molar-refractivity contribution in [2.75, 3.05) is 5.43 Å². The van der Waals surface area contributed by atoms with E-state index in [4.69, 9.17) is 0 Å². The lowest BCUT2D eigenvalue weighted by Gasteiger charge is -2.01. The molecule has 1 aromatic heterocycles. The first-order valence-electron chi connectivity index (χ1n) is 6.29. The molecule has 104 valence electrons. The molecule has 0 spiro atoms. The molecule has 0 aliphatic heterocycles. The highest BCUT2D eigenvalue weighted by Gasteiger charge is 2.01. The predicted octanol–water partition coefficient (Wildman–Crippen LogP) is 2.07. The molecule has 0 atom stereocenters. The summed E-state index contributed by atoms with van der Waals surface area (Å²) in [7, 11) is 0. The van der Waals surface area contributed by atoms with Crippen LogP contribution >= 0.6 is 0 Å². The molecule has 0 aliphatic carbocycles. The van der Waals surface area contributed by atoms with Gasteiger partial charge in [-0.15, -0.1) is 0 Å². The second-order valence-corrected chi connectivity index (χ2v) is 4.40. The normalized spacial score (nSPS) is 11.0. The van der Waals surface area contributed by atoms with Crippen LogP contribution in [-0.4, -0.2) is 21.3 Å². The summed E-state index contributed by atoms with van der Waals surface area (Å²) in [6.45, 7) is 0. The third kappa shape index (κ3) is 2.89. The van der Waals surface area contributed by atoms with Crippen molar-refractivity contribution >= 4 is 23.1 Å². The number of phenolic OH excluding ortho intramolecular Hbond substituents is 1. The standard InChI is InChI=1S/C15H12N4O2/c20-11-5-3-4-10(8-11)9-16-19-15-17-13-7-2-1-6-12(13)14(21)18-15/h1-9,20H,(H2,17,18,19,21)/b16-9-. The molecule has 0 saturated heterocycles. The zero-order valence-corrected chi connectivity index (χ0v) is 10.9. The Morgan fingerprint density at radius 2 is 2.05 bits per heavy atom. The van der Waals surface area contributed by atoms with Gasteiger partial charge in [0.25, 0.3) is 5.56 Å². The monoisotopic (exact) mass is 280 g/mol. The number of anilines is 1. The van der Waals surface area contributed by atoms with Crippen LogP contribution < -0.4 is 11.0 Å². The Bertz CT molecular complexity index is 871. The molecule has 21 heavy (non-hydrogen) atoms. The first-order valence-corrected chi connectivity index (χ1v) is 6.29. The molecular weight excluding hydrogens is 268 g/mol. The maximum atomic E-state index is 11.9. The largest absolute Gasteiger partial charge is 0.508 e. The predicted molar refractivity (Wildman–Crippen MR) is 81.7 cm³/mol. The number of H-pyrrole nitrogens is 1. The van der Waals surface area contributed by atoms with E-state index in [1.165, 1.54) is 6.21 Å². The van der Waals surface area contributed by atoms with Crippen LogP contribution in [0.1, 0.15) is 5.56 Å². The summed E-state index contributed by atoms with van der Waals surface area (Å²) in [4.78, 5) is 18.7. The van der Waals surface area contributed by atoms with Gasteiger partial charge in [-0.2, -0.15) is 5.10 Å². The minimum absolute atomic E-state index is 0.163. The smallest absolute Gasteiger partial charge is 0.260 e. The molecule has 6 nitrogen and oxygen atoms in total. The Hall–Kier alpha value is -3.15. The van der Waals surface area contributed by atoms with Crippen molar-refractivity contribution in [3.05, 3.63) is 64.4 Å². The van der Waals surface area contributed by atoms with Gasteiger partial charge in [0.2, 0.25) is 5.95 Å². The van der Waals surface area contributed by atoms with E-state index in [1.54, 1.807) is 42.5 Å². The molecule has 3 N–H and O–H groups in total. The van der Waals surface area contributed by atoms with Gasteiger partial charge in [-0.25, -0.2) is 10.4 Å². The molecule has 0 unspecified atom stereocenters. The first-order chi connectivity index (χ1) is 10.2. The second kappa shape index (κ2) is 5.46. The third-order valence-electron chi connectivity index (χ3n) is 2.87. The molecule has 0 fully saturated rings. The van der Waals surface area contributed by atoms with E-state index in [2.05, 4.69) is 20.5 Å². The van der Waals surface area contributed by atoms with Gasteiger partial charge in [-0.05, 0) is 29.8 Å². The number of hydrogen-bond donors (Lipinski definition) is 3. The molecule has 2 aromatic carbocycles. The molecule has 3 rings (SSSR count). The SMILES string of the molecule is O=c1[nH]c(N/N=C\c2cccc(O)c2)nc2ccccc12. The molecule has 0 saturated carbocycles. The van der Waals surface area contributed by atoms with Crippen molar-refractivity contribution in [3.63, 3.8) is 0 Å². The number of hydrazone groups is 1. The molecule has 0 aliphatic rings. The molecular formula is C15H12N4O2. The number of benzene rings is 2. The Morgan fingerprint density at radius 3 is 2.90 bits per heavy atom. The number of rotatable bonds is 3. The van der Waals surface area contributed by atoms with Gasteiger partial charge in [-0.1, -0.05) is 24.3 Å². The minimum Gasteiger partial charge on any atom is -0.508 e. The van der Waals surface area contributed by atoms with E-state index in [0.29, 0.717) is 10.9 Å². The number of para-hydroxylation sites is 1. The average molecular weight is 280 g/mol. The lowest BCUT2D eigenvalue weighted by Crippen LogP contribution is -2.10. The summed E-state index contributed by atoms with van der Waals surface area (Å²) in [5, 5.41) is 13.9. The number of aromatic hydroxyl groups is 1. The van der Waals surface area contributed by atoms with Crippen LogP contribution in [0.4, 0.5) is 5.95 Å². The molecule has 0 amide bonds. The van der Waals surface area contributed by atoms with Crippen molar-refractivity contribution in [3.8, 4) is 5.75 Å². The number of phenols is 1. The fraction of sp³-hybridized carbons (Fsp3) is 0. The topological polar surface area (TPSA) is 90.4 Å². The Balaban J connectivity index is 1.84. The summed E-state index contributed by atoms with van der Waals surface area (Å²) in [5.41, 5.74) is 3.76. The minimum atomic E-state index is -0.226. The summed E-state index contributed by atoms with van der Waals surface area (Å²) in [6, 6.07) is 13.7. The van der Waals surface area contributed by atoms with Gasteiger partial charge in [0.1, 0.15) is 5.75 Å². The zero-order chi connectivity index (χ0) is 14.7. The quantitative estimate of drug-likeness (QED) is 0.506. The summed E-state index contributed by atoms with van der Waals surface area (Å²) < 4.78 is 0. The Kier molecular flexibility index (Phi) is 3.34. The molecule has 0 radical (unpaired) electrons. The number of fused-ring (bicyclic) bond motifs is 1. The lowest BCUT2D eigenvalue weighted by molar-refractivity contribution is 0.475. The number of nitrogens with zero attached hydrogens (tertiary/aromatic N) is 2. The zero-order valence-electron chi connectivity index (χ0n) is 10.9. The maximum absolute atomic E-state index is 11.9. The van der Waals surface area contributed by atoms with Gasteiger partial charge in [-0.3, -0.25) is 9.78 Å². The Labute approximate surface area is 119 Å². The molecule has 3 aromatic rings. The van der Waals surface area contributed by atoms with E-state index < -0.39 is 0 Å². The summed E-state index contributed by atoms with van der Waals surface area (Å²) >= 11 is 0. The van der Waals surface area contributed by atoms with E-state index >= 15 is 0 Å². The number of hydrogen-bond acceptors (Lipinski definition) is 5. The van der Waals surface area contributed by atoms with Gasteiger partial charge >= 0.3 is 0 Å². The number of aromatic nitrogens is 2. The van der Waals surface area contributed by atoms with Crippen molar-refractivity contribution < 1.29 is 5.11 Å². The van der Waals surface area contributed by atoms with Crippen LogP contribution in [0.2, 0.25) is 0 Å². The molecule has 0 bridgehead atoms. The fourth-order valence-corrected chi connectivity index (χ4v) is 1.91. The number of nitrogens with one attached hydrogen (secondary N) is 2. The lowest BCUT2D eigenvalue weighted by atomic mass is 10.2. The van der Waals surface area contributed by atoms with Gasteiger partial charge < -0.3 is 5.11 Å². The van der Waals surface area contributed by atoms with E-state index in [-0.39, 0.29) is 17.3 Å². The van der Waals surface area contributed by atoms with Crippen LogP contribution in [0, 0.1) is 0 Å². The highest BCUT2D eigenvalue weighted by molar-refractivity contribution is 5.81. The van der Waals surface area contributed by atoms with Gasteiger partial charge in [0, 0.05) is 0 Å². The van der Waals surface area contributed by atoms with Crippen LogP contribution in [0.15, 0.2) is 58.4 Å². The van der Waals surface area contributed by atoms with Crippen molar-refractivity contribution in [1.29, 1.82) is 0 Å². The highest BCUT2D eigenvalue weighted by Crippen LogP contribution is 2.10. The van der Waals surface area contributed by atoms with Crippen molar-refractivity contribution in [2.45, 2.75) is 0 Å². The fourth-order valence-electron chi connectivity index (χ4n) is 1.91. The third-order valence-corrected chi connectivity index (χ3v) is 2.87. The second-order valence-electron chi connectivity index (χ2n) is 4.40. The molecule has 6 heteroatoms. The van der Waals surface area contributed by atoms with Crippen LogP contribution in [-0.2, 0) is 0 Å². The summed E-state index contributed by atoms with van der Waals surface area (Å²) in [6.07, 6.45) is 1.52. The van der Waals surface area contributed by atoms with Crippen molar-refractivity contribution in [1.82, 2.24) is 9.97 Å². The Morgan fingerprint density at radius 1 is 1.19 bits per heavy atom. The first kappa shape index (κ1) is 12.9.